The fourth-order valence-corrected chi connectivity index (χ4v) is 1.93. The Morgan fingerprint density at radius 3 is 3.00 bits per heavy atom. The number of rotatable bonds is 5. The molecule has 3 heteroatoms. The summed E-state index contributed by atoms with van der Waals surface area (Å²) < 4.78 is 7.29. The summed E-state index contributed by atoms with van der Waals surface area (Å²) >= 11 is 0. The van der Waals surface area contributed by atoms with Gasteiger partial charge in [0.2, 0.25) is 0 Å². The van der Waals surface area contributed by atoms with Gasteiger partial charge in [0, 0.05) is 12.2 Å². The maximum absolute atomic E-state index is 11.8. The zero-order valence-corrected chi connectivity index (χ0v) is 9.82. The summed E-state index contributed by atoms with van der Waals surface area (Å²) in [5, 5.41) is 0. The SMILES string of the molecule is CCCCOC(=O)c1cccn1C1CCC1. The molecule has 1 aromatic heterocycles. The standard InChI is InChI=1S/C13H19NO2/c1-2-3-10-16-13(15)12-8-5-9-14(12)11-6-4-7-11/h5,8-9,11H,2-4,6-7,10H2,1H3. The maximum Gasteiger partial charge on any atom is 0.354 e. The van der Waals surface area contributed by atoms with Crippen LogP contribution in [0.5, 0.6) is 0 Å². The summed E-state index contributed by atoms with van der Waals surface area (Å²) in [7, 11) is 0. The molecule has 1 fully saturated rings. The van der Waals surface area contributed by atoms with Crippen LogP contribution >= 0.6 is 0 Å². The molecule has 0 unspecified atom stereocenters. The first-order chi connectivity index (χ1) is 7.83. The van der Waals surface area contributed by atoms with Crippen molar-refractivity contribution in [1.29, 1.82) is 0 Å². The fraction of sp³-hybridized carbons (Fsp3) is 0.615. The Bertz CT molecular complexity index is 353. The van der Waals surface area contributed by atoms with Crippen molar-refractivity contribution in [3.63, 3.8) is 0 Å². The van der Waals surface area contributed by atoms with Crippen molar-refractivity contribution in [2.45, 2.75) is 45.1 Å². The number of carbonyl (C=O) groups excluding carboxylic acids is 1. The normalized spacial score (nSPS) is 15.8. The predicted molar refractivity (Wildman–Crippen MR) is 62.5 cm³/mol. The van der Waals surface area contributed by atoms with E-state index in [9.17, 15) is 4.79 Å². The van der Waals surface area contributed by atoms with Crippen molar-refractivity contribution in [3.05, 3.63) is 24.0 Å². The van der Waals surface area contributed by atoms with E-state index in [1.54, 1.807) is 0 Å². The van der Waals surface area contributed by atoms with Gasteiger partial charge >= 0.3 is 5.97 Å². The highest BCUT2D eigenvalue weighted by Crippen LogP contribution is 2.32. The van der Waals surface area contributed by atoms with E-state index in [1.807, 2.05) is 18.3 Å². The van der Waals surface area contributed by atoms with Gasteiger partial charge in [-0.1, -0.05) is 13.3 Å². The number of esters is 1. The second-order valence-corrected chi connectivity index (χ2v) is 4.37. The molecule has 0 atom stereocenters. The van der Waals surface area contributed by atoms with Crippen molar-refractivity contribution >= 4 is 5.97 Å². The molecule has 0 aromatic carbocycles. The molecule has 1 saturated carbocycles. The van der Waals surface area contributed by atoms with Crippen molar-refractivity contribution < 1.29 is 9.53 Å². The van der Waals surface area contributed by atoms with Gasteiger partial charge in [-0.15, -0.1) is 0 Å². The summed E-state index contributed by atoms with van der Waals surface area (Å²) in [6.07, 6.45) is 7.62. The number of aromatic nitrogens is 1. The smallest absolute Gasteiger partial charge is 0.354 e. The van der Waals surface area contributed by atoms with Crippen LogP contribution in [0.4, 0.5) is 0 Å². The molecule has 1 aliphatic carbocycles. The van der Waals surface area contributed by atoms with E-state index >= 15 is 0 Å². The third-order valence-electron chi connectivity index (χ3n) is 3.19. The Kier molecular flexibility index (Phi) is 3.65. The lowest BCUT2D eigenvalue weighted by Crippen LogP contribution is -2.21. The lowest BCUT2D eigenvalue weighted by molar-refractivity contribution is 0.0481. The first kappa shape index (κ1) is 11.2. The number of carbonyl (C=O) groups is 1. The highest BCUT2D eigenvalue weighted by Gasteiger charge is 2.23. The van der Waals surface area contributed by atoms with Gasteiger partial charge in [0.15, 0.2) is 0 Å². The molecule has 0 amide bonds. The fourth-order valence-electron chi connectivity index (χ4n) is 1.93. The largest absolute Gasteiger partial charge is 0.461 e. The van der Waals surface area contributed by atoms with Crippen LogP contribution in [-0.2, 0) is 4.74 Å². The van der Waals surface area contributed by atoms with Crippen molar-refractivity contribution in [3.8, 4) is 0 Å². The van der Waals surface area contributed by atoms with Gasteiger partial charge in [0.25, 0.3) is 0 Å². The Balaban J connectivity index is 1.96. The van der Waals surface area contributed by atoms with Gasteiger partial charge in [-0.2, -0.15) is 0 Å². The molecule has 88 valence electrons. The molecule has 0 spiro atoms. The average Bonchev–Trinajstić information content (AvgIpc) is 2.64. The van der Waals surface area contributed by atoms with Crippen LogP contribution in [0.2, 0.25) is 0 Å². The van der Waals surface area contributed by atoms with E-state index in [4.69, 9.17) is 4.74 Å². The third-order valence-corrected chi connectivity index (χ3v) is 3.19. The summed E-state index contributed by atoms with van der Waals surface area (Å²) in [6, 6.07) is 4.30. The van der Waals surface area contributed by atoms with Gasteiger partial charge in [-0.05, 0) is 37.8 Å². The number of nitrogens with zero attached hydrogens (tertiary/aromatic N) is 1. The summed E-state index contributed by atoms with van der Waals surface area (Å²) in [4.78, 5) is 11.8. The van der Waals surface area contributed by atoms with Crippen molar-refractivity contribution in [2.24, 2.45) is 0 Å². The summed E-state index contributed by atoms with van der Waals surface area (Å²) in [6.45, 7) is 2.62. The van der Waals surface area contributed by atoms with Crippen molar-refractivity contribution in [2.75, 3.05) is 6.61 Å². The molecular weight excluding hydrogens is 202 g/mol. The number of ether oxygens (including phenoxy) is 1. The minimum Gasteiger partial charge on any atom is -0.461 e. The lowest BCUT2D eigenvalue weighted by atomic mass is 9.93. The van der Waals surface area contributed by atoms with Gasteiger partial charge in [0.05, 0.1) is 6.61 Å². The molecule has 0 radical (unpaired) electrons. The van der Waals surface area contributed by atoms with Crippen molar-refractivity contribution in [1.82, 2.24) is 4.57 Å². The average molecular weight is 221 g/mol. The summed E-state index contributed by atoms with van der Waals surface area (Å²) in [5.41, 5.74) is 0.709. The van der Waals surface area contributed by atoms with E-state index in [0.29, 0.717) is 18.3 Å². The molecule has 2 rings (SSSR count). The van der Waals surface area contributed by atoms with Gasteiger partial charge in [0.1, 0.15) is 5.69 Å². The highest BCUT2D eigenvalue weighted by atomic mass is 16.5. The zero-order chi connectivity index (χ0) is 11.4. The molecule has 1 aliphatic rings. The maximum atomic E-state index is 11.8. The molecule has 1 aromatic rings. The number of hydrogen-bond donors (Lipinski definition) is 0. The first-order valence-electron chi connectivity index (χ1n) is 6.17. The van der Waals surface area contributed by atoms with Gasteiger partial charge in [-0.3, -0.25) is 0 Å². The van der Waals surface area contributed by atoms with Crippen LogP contribution in [0, 0.1) is 0 Å². The van der Waals surface area contributed by atoms with E-state index in [1.165, 1.54) is 19.3 Å². The molecule has 3 nitrogen and oxygen atoms in total. The van der Waals surface area contributed by atoms with Gasteiger partial charge in [-0.25, -0.2) is 4.79 Å². The van der Waals surface area contributed by atoms with E-state index < -0.39 is 0 Å². The molecule has 0 aliphatic heterocycles. The minimum atomic E-state index is -0.176. The monoisotopic (exact) mass is 221 g/mol. The molecule has 0 bridgehead atoms. The predicted octanol–water partition coefficient (Wildman–Crippen LogP) is 3.17. The van der Waals surface area contributed by atoms with Gasteiger partial charge < -0.3 is 9.30 Å². The molecule has 0 N–H and O–H groups in total. The molecule has 1 heterocycles. The summed E-state index contributed by atoms with van der Waals surface area (Å²) in [5.74, 6) is -0.176. The van der Waals surface area contributed by atoms with Crippen LogP contribution in [0.25, 0.3) is 0 Å². The highest BCUT2D eigenvalue weighted by molar-refractivity contribution is 5.87. The Hall–Kier alpha value is -1.25. The topological polar surface area (TPSA) is 31.2 Å². The lowest BCUT2D eigenvalue weighted by Gasteiger charge is -2.28. The second kappa shape index (κ2) is 5.19. The van der Waals surface area contributed by atoms with E-state index in [2.05, 4.69) is 11.5 Å². The second-order valence-electron chi connectivity index (χ2n) is 4.37. The number of hydrogen-bond acceptors (Lipinski definition) is 2. The van der Waals surface area contributed by atoms with Crippen LogP contribution in [0.15, 0.2) is 18.3 Å². The third kappa shape index (κ3) is 2.29. The van der Waals surface area contributed by atoms with E-state index in [0.717, 1.165) is 12.8 Å². The van der Waals surface area contributed by atoms with Crippen LogP contribution in [0.3, 0.4) is 0 Å². The Morgan fingerprint density at radius 1 is 1.56 bits per heavy atom. The van der Waals surface area contributed by atoms with Crippen LogP contribution in [0.1, 0.15) is 55.6 Å². The first-order valence-corrected chi connectivity index (χ1v) is 6.17. The Labute approximate surface area is 96.4 Å². The molecule has 0 saturated heterocycles. The Morgan fingerprint density at radius 2 is 2.38 bits per heavy atom. The van der Waals surface area contributed by atoms with Crippen LogP contribution < -0.4 is 0 Å². The zero-order valence-electron chi connectivity index (χ0n) is 9.82. The molecular formula is C13H19NO2. The van der Waals surface area contributed by atoms with Crippen LogP contribution in [-0.4, -0.2) is 17.1 Å². The minimum absolute atomic E-state index is 0.176. The quantitative estimate of drug-likeness (QED) is 0.565. The molecule has 16 heavy (non-hydrogen) atoms. The number of unbranched alkanes of at least 4 members (excludes halogenated alkanes) is 1. The van der Waals surface area contributed by atoms with E-state index in [-0.39, 0.29) is 5.97 Å².